The van der Waals surface area contributed by atoms with Gasteiger partial charge in [0.1, 0.15) is 18.2 Å². The minimum Gasteiger partial charge on any atom is -0.491 e. The van der Waals surface area contributed by atoms with E-state index in [2.05, 4.69) is 4.90 Å². The summed E-state index contributed by atoms with van der Waals surface area (Å²) in [6, 6.07) is 13.0. The van der Waals surface area contributed by atoms with Crippen LogP contribution in [0.1, 0.15) is 11.1 Å². The lowest BCUT2D eigenvalue weighted by Crippen LogP contribution is -2.27. The molecule has 3 rings (SSSR count). The fourth-order valence-electron chi connectivity index (χ4n) is 2.58. The molecule has 1 aliphatic heterocycles. The lowest BCUT2D eigenvalue weighted by atomic mass is 10.1. The van der Waals surface area contributed by atoms with E-state index in [4.69, 9.17) is 10.5 Å². The molecule has 2 N–H and O–H groups in total. The van der Waals surface area contributed by atoms with Crippen LogP contribution in [0.4, 0.5) is 10.1 Å². The van der Waals surface area contributed by atoms with E-state index in [1.807, 2.05) is 30.3 Å². The molecule has 1 heterocycles. The van der Waals surface area contributed by atoms with Gasteiger partial charge in [-0.3, -0.25) is 0 Å². The molecule has 0 aromatic heterocycles. The molecule has 0 fully saturated rings. The fourth-order valence-corrected chi connectivity index (χ4v) is 2.58. The molecule has 3 nitrogen and oxygen atoms in total. The quantitative estimate of drug-likeness (QED) is 0.913. The third kappa shape index (κ3) is 2.34. The Bertz CT molecular complexity index is 615. The first-order valence-electron chi connectivity index (χ1n) is 6.72. The SMILES string of the molecule is NCc1c(F)cccc1N1CCOc2ccccc2C1. The van der Waals surface area contributed by atoms with Gasteiger partial charge in [-0.05, 0) is 18.2 Å². The Labute approximate surface area is 117 Å². The minimum absolute atomic E-state index is 0.195. The van der Waals surface area contributed by atoms with Crippen molar-refractivity contribution < 1.29 is 9.13 Å². The van der Waals surface area contributed by atoms with Crippen LogP contribution in [0.15, 0.2) is 42.5 Å². The molecular formula is C16H17FN2O. The van der Waals surface area contributed by atoms with Crippen molar-refractivity contribution in [1.29, 1.82) is 0 Å². The van der Waals surface area contributed by atoms with E-state index < -0.39 is 0 Å². The Balaban J connectivity index is 1.98. The molecule has 20 heavy (non-hydrogen) atoms. The smallest absolute Gasteiger partial charge is 0.129 e. The van der Waals surface area contributed by atoms with Gasteiger partial charge in [0, 0.05) is 29.9 Å². The van der Waals surface area contributed by atoms with Crippen molar-refractivity contribution in [3.8, 4) is 5.75 Å². The normalized spacial score (nSPS) is 14.4. The molecule has 2 aromatic rings. The fraction of sp³-hybridized carbons (Fsp3) is 0.250. The summed E-state index contributed by atoms with van der Waals surface area (Å²) in [5, 5.41) is 0. The first-order chi connectivity index (χ1) is 9.79. The third-order valence-corrected chi connectivity index (χ3v) is 3.59. The highest BCUT2D eigenvalue weighted by atomic mass is 19.1. The Kier molecular flexibility index (Phi) is 3.56. The van der Waals surface area contributed by atoms with Gasteiger partial charge < -0.3 is 15.4 Å². The first kappa shape index (κ1) is 12.9. The summed E-state index contributed by atoms with van der Waals surface area (Å²) in [4.78, 5) is 2.12. The molecule has 0 aliphatic carbocycles. The standard InChI is InChI=1S/C16H17FN2O/c17-14-5-3-6-15(13(14)10-18)19-8-9-20-16-7-2-1-4-12(16)11-19/h1-7H,8-11,18H2. The summed E-state index contributed by atoms with van der Waals surface area (Å²) in [6.07, 6.45) is 0. The molecule has 1 aliphatic rings. The molecule has 0 spiro atoms. The number of hydrogen-bond donors (Lipinski definition) is 1. The second-order valence-electron chi connectivity index (χ2n) is 4.82. The number of halogens is 1. The summed E-state index contributed by atoms with van der Waals surface area (Å²) < 4.78 is 19.6. The van der Waals surface area contributed by atoms with E-state index in [-0.39, 0.29) is 12.4 Å². The molecule has 0 atom stereocenters. The Hall–Kier alpha value is -2.07. The van der Waals surface area contributed by atoms with Gasteiger partial charge in [0.25, 0.3) is 0 Å². The zero-order valence-electron chi connectivity index (χ0n) is 11.2. The second kappa shape index (κ2) is 5.51. The van der Waals surface area contributed by atoms with Gasteiger partial charge in [-0.1, -0.05) is 24.3 Å². The molecule has 0 radical (unpaired) electrons. The van der Waals surface area contributed by atoms with Crippen LogP contribution in [0.5, 0.6) is 5.75 Å². The number of fused-ring (bicyclic) bond motifs is 1. The summed E-state index contributed by atoms with van der Waals surface area (Å²) >= 11 is 0. The summed E-state index contributed by atoms with van der Waals surface area (Å²) in [6.45, 7) is 2.19. The molecule has 104 valence electrons. The number of anilines is 1. The lowest BCUT2D eigenvalue weighted by Gasteiger charge is -2.25. The molecule has 2 aromatic carbocycles. The van der Waals surface area contributed by atoms with Gasteiger partial charge in [0.05, 0.1) is 6.54 Å². The zero-order chi connectivity index (χ0) is 13.9. The van der Waals surface area contributed by atoms with Crippen LogP contribution in [0.3, 0.4) is 0 Å². The maximum atomic E-state index is 13.9. The average Bonchev–Trinajstić information content (AvgIpc) is 2.69. The van der Waals surface area contributed by atoms with Crippen molar-refractivity contribution in [3.63, 3.8) is 0 Å². The summed E-state index contributed by atoms with van der Waals surface area (Å²) in [5.41, 5.74) is 8.22. The molecule has 0 bridgehead atoms. The van der Waals surface area contributed by atoms with E-state index in [9.17, 15) is 4.39 Å². The van der Waals surface area contributed by atoms with Crippen LogP contribution in [-0.2, 0) is 13.1 Å². The highest BCUT2D eigenvalue weighted by molar-refractivity contribution is 5.55. The predicted molar refractivity (Wildman–Crippen MR) is 77.3 cm³/mol. The maximum Gasteiger partial charge on any atom is 0.129 e. The number of nitrogens with two attached hydrogens (primary N) is 1. The van der Waals surface area contributed by atoms with Crippen LogP contribution in [0.2, 0.25) is 0 Å². The number of para-hydroxylation sites is 1. The second-order valence-corrected chi connectivity index (χ2v) is 4.82. The van der Waals surface area contributed by atoms with E-state index in [1.54, 1.807) is 6.07 Å². The van der Waals surface area contributed by atoms with E-state index in [0.717, 1.165) is 17.0 Å². The average molecular weight is 272 g/mol. The Morgan fingerprint density at radius 3 is 2.85 bits per heavy atom. The highest BCUT2D eigenvalue weighted by Crippen LogP contribution is 2.29. The Morgan fingerprint density at radius 1 is 1.15 bits per heavy atom. The van der Waals surface area contributed by atoms with Crippen molar-refractivity contribution in [3.05, 3.63) is 59.4 Å². The van der Waals surface area contributed by atoms with Gasteiger partial charge in [-0.2, -0.15) is 0 Å². The molecule has 0 amide bonds. The number of nitrogens with zero attached hydrogens (tertiary/aromatic N) is 1. The molecule has 4 heteroatoms. The minimum atomic E-state index is -0.247. The van der Waals surface area contributed by atoms with Gasteiger partial charge in [-0.25, -0.2) is 4.39 Å². The lowest BCUT2D eigenvalue weighted by molar-refractivity contribution is 0.331. The first-order valence-corrected chi connectivity index (χ1v) is 6.72. The predicted octanol–water partition coefficient (Wildman–Crippen LogP) is 2.68. The van der Waals surface area contributed by atoms with Crippen molar-refractivity contribution in [2.24, 2.45) is 5.73 Å². The number of benzene rings is 2. The van der Waals surface area contributed by atoms with Crippen LogP contribution < -0.4 is 15.4 Å². The monoisotopic (exact) mass is 272 g/mol. The molecule has 0 saturated heterocycles. The number of rotatable bonds is 2. The van der Waals surface area contributed by atoms with Crippen molar-refractivity contribution in [2.75, 3.05) is 18.1 Å². The third-order valence-electron chi connectivity index (χ3n) is 3.59. The topological polar surface area (TPSA) is 38.5 Å². The van der Waals surface area contributed by atoms with Crippen LogP contribution in [0, 0.1) is 5.82 Å². The molecular weight excluding hydrogens is 255 g/mol. The number of hydrogen-bond acceptors (Lipinski definition) is 3. The van der Waals surface area contributed by atoms with E-state index in [1.165, 1.54) is 6.07 Å². The maximum absolute atomic E-state index is 13.9. The largest absolute Gasteiger partial charge is 0.491 e. The van der Waals surface area contributed by atoms with E-state index >= 15 is 0 Å². The molecule has 0 saturated carbocycles. The zero-order valence-corrected chi connectivity index (χ0v) is 11.2. The van der Waals surface area contributed by atoms with Crippen LogP contribution in [0.25, 0.3) is 0 Å². The van der Waals surface area contributed by atoms with Crippen LogP contribution in [-0.4, -0.2) is 13.2 Å². The van der Waals surface area contributed by atoms with Crippen molar-refractivity contribution in [1.82, 2.24) is 0 Å². The van der Waals surface area contributed by atoms with Gasteiger partial charge >= 0.3 is 0 Å². The van der Waals surface area contributed by atoms with Gasteiger partial charge in [0.2, 0.25) is 0 Å². The van der Waals surface area contributed by atoms with Crippen LogP contribution >= 0.6 is 0 Å². The summed E-state index contributed by atoms with van der Waals surface area (Å²) in [7, 11) is 0. The van der Waals surface area contributed by atoms with Gasteiger partial charge in [-0.15, -0.1) is 0 Å². The highest BCUT2D eigenvalue weighted by Gasteiger charge is 2.18. The van der Waals surface area contributed by atoms with E-state index in [0.29, 0.717) is 25.3 Å². The van der Waals surface area contributed by atoms with Crippen molar-refractivity contribution >= 4 is 5.69 Å². The number of ether oxygens (including phenoxy) is 1. The molecule has 0 unspecified atom stereocenters. The Morgan fingerprint density at radius 2 is 2.00 bits per heavy atom. The van der Waals surface area contributed by atoms with Gasteiger partial charge in [0.15, 0.2) is 0 Å². The summed E-state index contributed by atoms with van der Waals surface area (Å²) in [5.74, 6) is 0.657. The van der Waals surface area contributed by atoms with Crippen molar-refractivity contribution in [2.45, 2.75) is 13.1 Å².